The maximum Gasteiger partial charge on any atom is 0.248 e. The van der Waals surface area contributed by atoms with Crippen molar-refractivity contribution < 1.29 is 4.79 Å². The Hall–Kier alpha value is -3.16. The second kappa shape index (κ2) is 6.39. The third kappa shape index (κ3) is 3.23. The van der Waals surface area contributed by atoms with E-state index in [1.54, 1.807) is 24.5 Å². The van der Waals surface area contributed by atoms with Gasteiger partial charge in [-0.15, -0.1) is 0 Å². The topological polar surface area (TPSA) is 122 Å². The van der Waals surface area contributed by atoms with E-state index in [4.69, 9.17) is 5.73 Å². The van der Waals surface area contributed by atoms with E-state index in [2.05, 4.69) is 30.6 Å². The molecule has 1 aliphatic carbocycles. The van der Waals surface area contributed by atoms with Crippen molar-refractivity contribution in [2.75, 3.05) is 10.6 Å². The first kappa shape index (κ1) is 15.4. The summed E-state index contributed by atoms with van der Waals surface area (Å²) in [5.74, 6) is 0.681. The molecular formula is C17H19N7O. The van der Waals surface area contributed by atoms with Gasteiger partial charge in [0.05, 0.1) is 6.33 Å². The number of H-pyrrole nitrogens is 1. The molecule has 128 valence electrons. The molecule has 3 aromatic rings. The molecule has 1 amide bonds. The minimum Gasteiger partial charge on any atom is -0.366 e. The fourth-order valence-corrected chi connectivity index (χ4v) is 3.14. The molecule has 0 saturated heterocycles. The van der Waals surface area contributed by atoms with Crippen LogP contribution in [0.2, 0.25) is 0 Å². The van der Waals surface area contributed by atoms with Gasteiger partial charge >= 0.3 is 0 Å². The number of carbonyl (C=O) groups excluding carboxylic acids is 1. The van der Waals surface area contributed by atoms with Gasteiger partial charge in [0.1, 0.15) is 5.52 Å². The van der Waals surface area contributed by atoms with E-state index >= 15 is 0 Å². The number of benzene rings is 1. The summed E-state index contributed by atoms with van der Waals surface area (Å²) in [5.41, 5.74) is 7.83. The van der Waals surface area contributed by atoms with E-state index in [1.807, 2.05) is 6.07 Å². The van der Waals surface area contributed by atoms with E-state index in [0.29, 0.717) is 28.9 Å². The lowest BCUT2D eigenvalue weighted by Gasteiger charge is -2.14. The van der Waals surface area contributed by atoms with Gasteiger partial charge in [0.2, 0.25) is 11.9 Å². The van der Waals surface area contributed by atoms with Gasteiger partial charge < -0.3 is 21.4 Å². The largest absolute Gasteiger partial charge is 0.366 e. The number of rotatable bonds is 5. The maximum absolute atomic E-state index is 11.3. The predicted molar refractivity (Wildman–Crippen MR) is 95.8 cm³/mol. The zero-order chi connectivity index (χ0) is 17.2. The molecule has 0 spiro atoms. The number of hydrogen-bond acceptors (Lipinski definition) is 6. The Kier molecular flexibility index (Phi) is 3.93. The standard InChI is InChI=1S/C17H19N7O/c18-14(25)10-4-3-7-12(8-10)22-17-23-15-13(19-9-20-15)16(24-17)21-11-5-1-2-6-11/h3-4,7-9,11H,1-2,5-6H2,(H2,18,25)(H3,19,20,21,22,23,24). The van der Waals surface area contributed by atoms with Crippen molar-refractivity contribution in [1.29, 1.82) is 0 Å². The lowest BCUT2D eigenvalue weighted by molar-refractivity contribution is 0.100. The summed E-state index contributed by atoms with van der Waals surface area (Å²) in [6.45, 7) is 0. The van der Waals surface area contributed by atoms with Gasteiger partial charge in [-0.1, -0.05) is 18.9 Å². The summed E-state index contributed by atoms with van der Waals surface area (Å²) in [5, 5.41) is 6.61. The quantitative estimate of drug-likeness (QED) is 0.567. The van der Waals surface area contributed by atoms with Crippen LogP contribution in [-0.2, 0) is 0 Å². The van der Waals surface area contributed by atoms with Crippen LogP contribution in [0.25, 0.3) is 11.2 Å². The molecule has 8 heteroatoms. The third-order valence-electron chi connectivity index (χ3n) is 4.38. The molecular weight excluding hydrogens is 318 g/mol. The van der Waals surface area contributed by atoms with Crippen LogP contribution in [0.4, 0.5) is 17.5 Å². The summed E-state index contributed by atoms with van der Waals surface area (Å²) >= 11 is 0. The van der Waals surface area contributed by atoms with Crippen molar-refractivity contribution in [3.8, 4) is 0 Å². The number of carbonyl (C=O) groups is 1. The summed E-state index contributed by atoms with van der Waals surface area (Å²) in [6.07, 6.45) is 6.36. The van der Waals surface area contributed by atoms with Crippen LogP contribution < -0.4 is 16.4 Å². The molecule has 0 unspecified atom stereocenters. The molecule has 1 aromatic carbocycles. The van der Waals surface area contributed by atoms with Crippen LogP contribution in [-0.4, -0.2) is 31.9 Å². The first-order valence-corrected chi connectivity index (χ1v) is 8.33. The molecule has 0 atom stereocenters. The molecule has 4 rings (SSSR count). The second-order valence-corrected chi connectivity index (χ2v) is 6.19. The summed E-state index contributed by atoms with van der Waals surface area (Å²) in [6, 6.07) is 7.34. The van der Waals surface area contributed by atoms with E-state index < -0.39 is 5.91 Å². The smallest absolute Gasteiger partial charge is 0.248 e. The first-order valence-electron chi connectivity index (χ1n) is 8.33. The van der Waals surface area contributed by atoms with Gasteiger partial charge in [-0.2, -0.15) is 9.97 Å². The Bertz CT molecular complexity index is 914. The molecule has 2 heterocycles. The van der Waals surface area contributed by atoms with Gasteiger partial charge in [0, 0.05) is 17.3 Å². The Labute approximate surface area is 144 Å². The lowest BCUT2D eigenvalue weighted by Crippen LogP contribution is -2.16. The highest BCUT2D eigenvalue weighted by Gasteiger charge is 2.18. The molecule has 2 aromatic heterocycles. The van der Waals surface area contributed by atoms with E-state index in [0.717, 1.165) is 24.2 Å². The number of hydrogen-bond donors (Lipinski definition) is 4. The average Bonchev–Trinajstić information content (AvgIpc) is 3.26. The Morgan fingerprint density at radius 1 is 1.24 bits per heavy atom. The number of fused-ring (bicyclic) bond motifs is 1. The van der Waals surface area contributed by atoms with Gasteiger partial charge in [-0.3, -0.25) is 4.79 Å². The summed E-state index contributed by atoms with van der Waals surface area (Å²) < 4.78 is 0. The van der Waals surface area contributed by atoms with Crippen molar-refractivity contribution in [2.24, 2.45) is 5.73 Å². The van der Waals surface area contributed by atoms with Crippen LogP contribution in [0.15, 0.2) is 30.6 Å². The SMILES string of the molecule is NC(=O)c1cccc(Nc2nc(NC3CCCC3)c3[nH]cnc3n2)c1. The molecule has 1 aliphatic rings. The summed E-state index contributed by atoms with van der Waals surface area (Å²) in [4.78, 5) is 27.7. The van der Waals surface area contributed by atoms with Crippen LogP contribution in [0.1, 0.15) is 36.0 Å². The molecule has 8 nitrogen and oxygen atoms in total. The number of primary amides is 1. The van der Waals surface area contributed by atoms with Crippen LogP contribution in [0.3, 0.4) is 0 Å². The Morgan fingerprint density at radius 2 is 2.08 bits per heavy atom. The molecule has 0 aliphatic heterocycles. The first-order chi connectivity index (χ1) is 12.2. The molecule has 0 bridgehead atoms. The molecule has 1 fully saturated rings. The highest BCUT2D eigenvalue weighted by atomic mass is 16.1. The Balaban J connectivity index is 1.65. The van der Waals surface area contributed by atoms with E-state index in [9.17, 15) is 4.79 Å². The van der Waals surface area contributed by atoms with Crippen molar-refractivity contribution >= 4 is 34.5 Å². The number of aromatic nitrogens is 4. The number of nitrogens with one attached hydrogen (secondary N) is 3. The lowest BCUT2D eigenvalue weighted by atomic mass is 10.2. The summed E-state index contributed by atoms with van der Waals surface area (Å²) in [7, 11) is 0. The van der Waals surface area contributed by atoms with Gasteiger partial charge in [0.15, 0.2) is 11.5 Å². The Morgan fingerprint density at radius 3 is 2.88 bits per heavy atom. The maximum atomic E-state index is 11.3. The second-order valence-electron chi connectivity index (χ2n) is 6.19. The molecule has 5 N–H and O–H groups in total. The van der Waals surface area contributed by atoms with Crippen molar-refractivity contribution in [1.82, 2.24) is 19.9 Å². The fourth-order valence-electron chi connectivity index (χ4n) is 3.14. The third-order valence-corrected chi connectivity index (χ3v) is 4.38. The van der Waals surface area contributed by atoms with Crippen molar-refractivity contribution in [3.05, 3.63) is 36.2 Å². The number of amides is 1. The predicted octanol–water partition coefficient (Wildman–Crippen LogP) is 2.55. The number of nitrogens with two attached hydrogens (primary N) is 1. The molecule has 25 heavy (non-hydrogen) atoms. The number of anilines is 3. The normalized spacial score (nSPS) is 14.7. The average molecular weight is 337 g/mol. The highest BCUT2D eigenvalue weighted by molar-refractivity contribution is 5.94. The van der Waals surface area contributed by atoms with Crippen molar-refractivity contribution in [2.45, 2.75) is 31.7 Å². The number of nitrogens with zero attached hydrogens (tertiary/aromatic N) is 3. The van der Waals surface area contributed by atoms with Crippen molar-refractivity contribution in [3.63, 3.8) is 0 Å². The van der Waals surface area contributed by atoms with Crippen LogP contribution >= 0.6 is 0 Å². The zero-order valence-corrected chi connectivity index (χ0v) is 13.6. The molecule has 1 saturated carbocycles. The van der Waals surface area contributed by atoms with Gasteiger partial charge in [-0.25, -0.2) is 4.98 Å². The monoisotopic (exact) mass is 337 g/mol. The fraction of sp³-hybridized carbons (Fsp3) is 0.294. The van der Waals surface area contributed by atoms with Crippen LogP contribution in [0.5, 0.6) is 0 Å². The minimum absolute atomic E-state index is 0.418. The zero-order valence-electron chi connectivity index (χ0n) is 13.6. The van der Waals surface area contributed by atoms with E-state index in [1.165, 1.54) is 12.8 Å². The van der Waals surface area contributed by atoms with Gasteiger partial charge in [0.25, 0.3) is 0 Å². The molecule has 0 radical (unpaired) electrons. The number of imidazole rings is 1. The highest BCUT2D eigenvalue weighted by Crippen LogP contribution is 2.26. The van der Waals surface area contributed by atoms with E-state index in [-0.39, 0.29) is 0 Å². The minimum atomic E-state index is -0.476. The van der Waals surface area contributed by atoms with Crippen LogP contribution in [0, 0.1) is 0 Å². The number of aromatic amines is 1. The van der Waals surface area contributed by atoms with Gasteiger partial charge in [-0.05, 0) is 31.0 Å².